The minimum atomic E-state index is -0.823. The van der Waals surface area contributed by atoms with Crippen molar-refractivity contribution in [3.05, 3.63) is 0 Å². The average Bonchev–Trinajstić information content (AvgIpc) is 2.91. The van der Waals surface area contributed by atoms with Crippen molar-refractivity contribution < 1.29 is 14.7 Å². The molecule has 2 fully saturated rings. The first-order valence-corrected chi connectivity index (χ1v) is 4.82. The average molecular weight is 198 g/mol. The molecule has 5 heteroatoms. The predicted molar refractivity (Wildman–Crippen MR) is 48.8 cm³/mol. The van der Waals surface area contributed by atoms with Crippen molar-refractivity contribution in [1.29, 1.82) is 0 Å². The molecule has 1 unspecified atom stereocenters. The molecule has 0 aromatic heterocycles. The highest BCUT2D eigenvalue weighted by atomic mass is 16.4. The molecule has 1 amide bonds. The van der Waals surface area contributed by atoms with Crippen molar-refractivity contribution in [2.24, 2.45) is 0 Å². The molecule has 2 aliphatic rings. The molecule has 0 radical (unpaired) electrons. The summed E-state index contributed by atoms with van der Waals surface area (Å²) >= 11 is 0. The Morgan fingerprint density at radius 2 is 2.14 bits per heavy atom. The standard InChI is InChI=1S/C9H14N2O3/c1-10-4-7(9(13)14)11(5-8(10)12)6-2-3-6/h6-7H,2-5H2,1H3,(H,13,14). The zero-order valence-electron chi connectivity index (χ0n) is 8.14. The number of hydrogen-bond donors (Lipinski definition) is 1. The molecule has 5 nitrogen and oxygen atoms in total. The van der Waals surface area contributed by atoms with Crippen molar-refractivity contribution in [2.45, 2.75) is 24.9 Å². The van der Waals surface area contributed by atoms with E-state index in [-0.39, 0.29) is 12.5 Å². The van der Waals surface area contributed by atoms with Crippen molar-refractivity contribution >= 4 is 11.9 Å². The van der Waals surface area contributed by atoms with Crippen LogP contribution in [0.15, 0.2) is 0 Å². The summed E-state index contributed by atoms with van der Waals surface area (Å²) in [6.07, 6.45) is 2.06. The van der Waals surface area contributed by atoms with E-state index in [0.29, 0.717) is 12.6 Å². The lowest BCUT2D eigenvalue weighted by molar-refractivity contribution is -0.151. The van der Waals surface area contributed by atoms with Gasteiger partial charge in [-0.15, -0.1) is 0 Å². The van der Waals surface area contributed by atoms with E-state index < -0.39 is 12.0 Å². The molecular formula is C9H14N2O3. The summed E-state index contributed by atoms with van der Waals surface area (Å²) in [5.41, 5.74) is 0. The van der Waals surface area contributed by atoms with Crippen LogP contribution < -0.4 is 0 Å². The lowest BCUT2D eigenvalue weighted by atomic mass is 10.1. The third-order valence-corrected chi connectivity index (χ3v) is 2.89. The van der Waals surface area contributed by atoms with Gasteiger partial charge in [0.05, 0.1) is 6.54 Å². The number of hydrogen-bond acceptors (Lipinski definition) is 3. The molecule has 1 heterocycles. The van der Waals surface area contributed by atoms with Crippen LogP contribution in [-0.4, -0.2) is 59.0 Å². The molecule has 2 rings (SSSR count). The van der Waals surface area contributed by atoms with Gasteiger partial charge in [0, 0.05) is 19.6 Å². The fraction of sp³-hybridized carbons (Fsp3) is 0.778. The second-order valence-electron chi connectivity index (χ2n) is 4.03. The van der Waals surface area contributed by atoms with Gasteiger partial charge in [-0.2, -0.15) is 0 Å². The number of nitrogens with zero attached hydrogens (tertiary/aromatic N) is 2. The molecule has 78 valence electrons. The van der Waals surface area contributed by atoms with Crippen molar-refractivity contribution in [3.63, 3.8) is 0 Å². The van der Waals surface area contributed by atoms with E-state index in [9.17, 15) is 9.59 Å². The summed E-state index contributed by atoms with van der Waals surface area (Å²) in [5, 5.41) is 9.01. The van der Waals surface area contributed by atoms with E-state index >= 15 is 0 Å². The summed E-state index contributed by atoms with van der Waals surface area (Å²) in [7, 11) is 1.66. The van der Waals surface area contributed by atoms with Crippen LogP contribution in [0.2, 0.25) is 0 Å². The van der Waals surface area contributed by atoms with Gasteiger partial charge in [0.15, 0.2) is 0 Å². The number of likely N-dealkylation sites (N-methyl/N-ethyl adjacent to an activating group) is 1. The first-order valence-electron chi connectivity index (χ1n) is 4.82. The molecule has 14 heavy (non-hydrogen) atoms. The van der Waals surface area contributed by atoms with Crippen molar-refractivity contribution in [3.8, 4) is 0 Å². The number of aliphatic carboxylic acids is 1. The van der Waals surface area contributed by atoms with E-state index in [1.165, 1.54) is 4.90 Å². The Balaban J connectivity index is 2.11. The van der Waals surface area contributed by atoms with E-state index in [2.05, 4.69) is 0 Å². The SMILES string of the molecule is CN1CC(C(=O)O)N(C2CC2)CC1=O. The van der Waals surface area contributed by atoms with E-state index in [1.807, 2.05) is 4.90 Å². The number of carboxylic acids is 1. The molecule has 1 saturated carbocycles. The first kappa shape index (κ1) is 9.45. The van der Waals surface area contributed by atoms with Crippen LogP contribution in [0, 0.1) is 0 Å². The van der Waals surface area contributed by atoms with Crippen molar-refractivity contribution in [2.75, 3.05) is 20.1 Å². The molecule has 1 N–H and O–H groups in total. The lowest BCUT2D eigenvalue weighted by Crippen LogP contribution is -2.58. The highest BCUT2D eigenvalue weighted by molar-refractivity contribution is 5.83. The summed E-state index contributed by atoms with van der Waals surface area (Å²) in [6.45, 7) is 0.572. The molecule has 0 aromatic carbocycles. The van der Waals surface area contributed by atoms with Crippen LogP contribution in [0.1, 0.15) is 12.8 Å². The number of carboxylic acid groups (broad SMARTS) is 1. The Hall–Kier alpha value is -1.10. The second kappa shape index (κ2) is 3.24. The number of carbonyl (C=O) groups is 2. The summed E-state index contributed by atoms with van der Waals surface area (Å²) in [5.74, 6) is -0.800. The monoisotopic (exact) mass is 198 g/mol. The van der Waals surface area contributed by atoms with Crippen molar-refractivity contribution in [1.82, 2.24) is 9.80 Å². The fourth-order valence-corrected chi connectivity index (χ4v) is 1.86. The summed E-state index contributed by atoms with van der Waals surface area (Å²) < 4.78 is 0. The second-order valence-corrected chi connectivity index (χ2v) is 4.03. The molecule has 0 aromatic rings. The Bertz CT molecular complexity index is 275. The van der Waals surface area contributed by atoms with Gasteiger partial charge in [-0.1, -0.05) is 0 Å². The van der Waals surface area contributed by atoms with Gasteiger partial charge in [0.25, 0.3) is 0 Å². The largest absolute Gasteiger partial charge is 0.480 e. The molecule has 1 atom stereocenters. The summed E-state index contributed by atoms with van der Waals surface area (Å²) in [6, 6.07) is -0.182. The van der Waals surface area contributed by atoms with Gasteiger partial charge in [0.2, 0.25) is 5.91 Å². The van der Waals surface area contributed by atoms with Crippen LogP contribution in [-0.2, 0) is 9.59 Å². The lowest BCUT2D eigenvalue weighted by Gasteiger charge is -2.37. The Labute approximate surface area is 82.3 Å². The predicted octanol–water partition coefficient (Wildman–Crippen LogP) is -0.624. The van der Waals surface area contributed by atoms with E-state index in [1.54, 1.807) is 7.05 Å². The van der Waals surface area contributed by atoms with Gasteiger partial charge in [-0.25, -0.2) is 0 Å². The minimum Gasteiger partial charge on any atom is -0.480 e. The minimum absolute atomic E-state index is 0.0226. The number of carbonyl (C=O) groups excluding carboxylic acids is 1. The third kappa shape index (κ3) is 1.59. The highest BCUT2D eigenvalue weighted by Crippen LogP contribution is 2.30. The van der Waals surface area contributed by atoms with Gasteiger partial charge < -0.3 is 10.0 Å². The van der Waals surface area contributed by atoms with E-state index in [0.717, 1.165) is 12.8 Å². The smallest absolute Gasteiger partial charge is 0.322 e. The Morgan fingerprint density at radius 1 is 1.50 bits per heavy atom. The van der Waals surface area contributed by atoms with Crippen LogP contribution >= 0.6 is 0 Å². The number of piperazine rings is 1. The zero-order chi connectivity index (χ0) is 10.3. The number of rotatable bonds is 2. The third-order valence-electron chi connectivity index (χ3n) is 2.89. The molecule has 1 saturated heterocycles. The molecular weight excluding hydrogens is 184 g/mol. The maximum absolute atomic E-state index is 11.4. The van der Waals surface area contributed by atoms with E-state index in [4.69, 9.17) is 5.11 Å². The van der Waals surface area contributed by atoms with Crippen LogP contribution in [0.25, 0.3) is 0 Å². The topological polar surface area (TPSA) is 60.9 Å². The number of amides is 1. The van der Waals surface area contributed by atoms with Gasteiger partial charge in [-0.05, 0) is 12.8 Å². The van der Waals surface area contributed by atoms with Gasteiger partial charge in [-0.3, -0.25) is 14.5 Å². The van der Waals surface area contributed by atoms with Gasteiger partial charge >= 0.3 is 5.97 Å². The molecule has 1 aliphatic carbocycles. The normalized spacial score (nSPS) is 29.4. The Morgan fingerprint density at radius 3 is 2.64 bits per heavy atom. The first-order chi connectivity index (χ1) is 6.59. The summed E-state index contributed by atoms with van der Waals surface area (Å²) in [4.78, 5) is 25.7. The van der Waals surface area contributed by atoms with Crippen LogP contribution in [0.3, 0.4) is 0 Å². The van der Waals surface area contributed by atoms with Crippen LogP contribution in [0.4, 0.5) is 0 Å². The fourth-order valence-electron chi connectivity index (χ4n) is 1.86. The van der Waals surface area contributed by atoms with Crippen LogP contribution in [0.5, 0.6) is 0 Å². The highest BCUT2D eigenvalue weighted by Gasteiger charge is 2.42. The zero-order valence-corrected chi connectivity index (χ0v) is 8.14. The molecule has 0 spiro atoms. The molecule has 1 aliphatic heterocycles. The quantitative estimate of drug-likeness (QED) is 0.642. The Kier molecular flexibility index (Phi) is 2.19. The maximum atomic E-state index is 11.4. The maximum Gasteiger partial charge on any atom is 0.322 e. The molecule has 0 bridgehead atoms. The van der Waals surface area contributed by atoms with Gasteiger partial charge in [0.1, 0.15) is 6.04 Å².